The molecule has 0 radical (unpaired) electrons. The van der Waals surface area contributed by atoms with Crippen molar-refractivity contribution < 1.29 is 17.5 Å². The van der Waals surface area contributed by atoms with Crippen molar-refractivity contribution in [3.05, 3.63) is 28.5 Å². The lowest BCUT2D eigenvalue weighted by Gasteiger charge is -2.28. The molecule has 21 heavy (non-hydrogen) atoms. The summed E-state index contributed by atoms with van der Waals surface area (Å²) < 4.78 is 45.9. The first-order valence-corrected chi connectivity index (χ1v) is 9.07. The van der Waals surface area contributed by atoms with Gasteiger partial charge in [-0.05, 0) is 59.8 Å². The van der Waals surface area contributed by atoms with E-state index in [0.29, 0.717) is 12.5 Å². The largest absolute Gasteiger partial charge is 0.383 e. The summed E-state index contributed by atoms with van der Waals surface area (Å²) in [5, 5.41) is 0. The lowest BCUT2D eigenvalue weighted by molar-refractivity contribution is 0.164. The van der Waals surface area contributed by atoms with Gasteiger partial charge in [0.05, 0.1) is 16.0 Å². The average Bonchev–Trinajstić information content (AvgIpc) is 3.26. The van der Waals surface area contributed by atoms with Gasteiger partial charge < -0.3 is 4.74 Å². The van der Waals surface area contributed by atoms with Crippen molar-refractivity contribution in [1.82, 2.24) is 4.31 Å². The summed E-state index contributed by atoms with van der Waals surface area (Å²) in [6.45, 7) is 2.49. The minimum atomic E-state index is -3.72. The molecule has 0 N–H and O–H groups in total. The fourth-order valence-corrected chi connectivity index (χ4v) is 4.25. The predicted octanol–water partition coefficient (Wildman–Crippen LogP) is 3.02. The van der Waals surface area contributed by atoms with Gasteiger partial charge >= 0.3 is 0 Å². The van der Waals surface area contributed by atoms with Gasteiger partial charge in [0.25, 0.3) is 0 Å². The lowest BCUT2D eigenvalue weighted by atomic mass is 10.2. The maximum absolute atomic E-state index is 13.6. The molecule has 2 rings (SSSR count). The number of halogens is 2. The average molecular weight is 380 g/mol. The summed E-state index contributed by atoms with van der Waals surface area (Å²) in [6.07, 6.45) is 2.07. The molecule has 0 saturated heterocycles. The molecule has 1 aliphatic rings. The van der Waals surface area contributed by atoms with Crippen LogP contribution in [-0.4, -0.2) is 39.0 Å². The molecule has 4 nitrogen and oxygen atoms in total. The Morgan fingerprint density at radius 3 is 2.67 bits per heavy atom. The molecule has 1 unspecified atom stereocenters. The molecular formula is C14H19BrFNO3S. The molecular weight excluding hydrogens is 361 g/mol. The highest BCUT2D eigenvalue weighted by Crippen LogP contribution is 2.37. The predicted molar refractivity (Wildman–Crippen MR) is 82.1 cm³/mol. The van der Waals surface area contributed by atoms with Crippen LogP contribution in [0.25, 0.3) is 0 Å². The minimum absolute atomic E-state index is 0.0215. The first kappa shape index (κ1) is 16.9. The standard InChI is InChI=1S/C14H19BrFNO3S/c1-10(11-3-4-11)17(7-8-20-2)21(18,19)12-5-6-13(15)14(16)9-12/h5-6,9-11H,3-4,7-8H2,1-2H3. The molecule has 1 aromatic rings. The van der Waals surface area contributed by atoms with E-state index in [9.17, 15) is 12.8 Å². The van der Waals surface area contributed by atoms with E-state index in [1.54, 1.807) is 0 Å². The van der Waals surface area contributed by atoms with Crippen LogP contribution in [0.5, 0.6) is 0 Å². The summed E-state index contributed by atoms with van der Waals surface area (Å²) in [5.74, 6) is -0.196. The van der Waals surface area contributed by atoms with E-state index in [0.717, 1.165) is 18.9 Å². The molecule has 1 atom stereocenters. The van der Waals surface area contributed by atoms with Gasteiger partial charge in [-0.25, -0.2) is 12.8 Å². The second kappa shape index (κ2) is 6.73. The zero-order chi connectivity index (χ0) is 15.6. The lowest BCUT2D eigenvalue weighted by Crippen LogP contribution is -2.41. The van der Waals surface area contributed by atoms with Gasteiger partial charge in [-0.15, -0.1) is 0 Å². The smallest absolute Gasteiger partial charge is 0.243 e. The molecule has 0 amide bonds. The summed E-state index contributed by atoms with van der Waals surface area (Å²) in [4.78, 5) is -0.0215. The maximum Gasteiger partial charge on any atom is 0.243 e. The van der Waals surface area contributed by atoms with Gasteiger partial charge in [0.15, 0.2) is 0 Å². The third-order valence-corrected chi connectivity index (χ3v) is 6.40. The molecule has 1 aliphatic carbocycles. The van der Waals surface area contributed by atoms with Gasteiger partial charge in [0.2, 0.25) is 10.0 Å². The highest BCUT2D eigenvalue weighted by Gasteiger charge is 2.38. The summed E-state index contributed by atoms with van der Waals surface area (Å²) >= 11 is 3.03. The molecule has 0 bridgehead atoms. The van der Waals surface area contributed by atoms with E-state index in [1.165, 1.54) is 23.5 Å². The van der Waals surface area contributed by atoms with Crippen molar-refractivity contribution in [3.8, 4) is 0 Å². The molecule has 1 fully saturated rings. The van der Waals surface area contributed by atoms with Crippen molar-refractivity contribution in [2.24, 2.45) is 5.92 Å². The Hall–Kier alpha value is -0.500. The van der Waals surface area contributed by atoms with Crippen LogP contribution in [0.4, 0.5) is 4.39 Å². The molecule has 118 valence electrons. The Labute approximate surface area is 133 Å². The number of methoxy groups -OCH3 is 1. The van der Waals surface area contributed by atoms with E-state index < -0.39 is 15.8 Å². The molecule has 1 aromatic carbocycles. The van der Waals surface area contributed by atoms with Crippen molar-refractivity contribution in [3.63, 3.8) is 0 Å². The molecule has 1 saturated carbocycles. The highest BCUT2D eigenvalue weighted by atomic mass is 79.9. The zero-order valence-electron chi connectivity index (χ0n) is 12.1. The Morgan fingerprint density at radius 2 is 2.14 bits per heavy atom. The Bertz CT molecular complexity index is 604. The van der Waals surface area contributed by atoms with Crippen LogP contribution >= 0.6 is 15.9 Å². The topological polar surface area (TPSA) is 46.6 Å². The van der Waals surface area contributed by atoms with Crippen molar-refractivity contribution in [1.29, 1.82) is 0 Å². The second-order valence-electron chi connectivity index (χ2n) is 5.26. The molecule has 0 heterocycles. The number of hydrogen-bond acceptors (Lipinski definition) is 3. The van der Waals surface area contributed by atoms with Crippen LogP contribution in [0, 0.1) is 11.7 Å². The van der Waals surface area contributed by atoms with Crippen LogP contribution < -0.4 is 0 Å². The van der Waals surface area contributed by atoms with Crippen LogP contribution in [-0.2, 0) is 14.8 Å². The third-order valence-electron chi connectivity index (χ3n) is 3.77. The third kappa shape index (κ3) is 3.83. The molecule has 0 aromatic heterocycles. The van der Waals surface area contributed by atoms with E-state index in [2.05, 4.69) is 15.9 Å². The van der Waals surface area contributed by atoms with Gasteiger partial charge in [-0.2, -0.15) is 4.31 Å². The fourth-order valence-electron chi connectivity index (χ4n) is 2.31. The monoisotopic (exact) mass is 379 g/mol. The Balaban J connectivity index is 2.33. The van der Waals surface area contributed by atoms with E-state index in [-0.39, 0.29) is 22.0 Å². The summed E-state index contributed by atoms with van der Waals surface area (Å²) in [6, 6.07) is 3.79. The minimum Gasteiger partial charge on any atom is -0.383 e. The number of sulfonamides is 1. The number of benzene rings is 1. The number of hydrogen-bond donors (Lipinski definition) is 0. The quantitative estimate of drug-likeness (QED) is 0.731. The van der Waals surface area contributed by atoms with Crippen molar-refractivity contribution in [2.75, 3.05) is 20.3 Å². The van der Waals surface area contributed by atoms with E-state index >= 15 is 0 Å². The van der Waals surface area contributed by atoms with Gasteiger partial charge in [-0.3, -0.25) is 0 Å². The van der Waals surface area contributed by atoms with Gasteiger partial charge in [0, 0.05) is 19.7 Å². The summed E-state index contributed by atoms with van der Waals surface area (Å²) in [5.41, 5.74) is 0. The normalized spacial score (nSPS) is 17.2. The molecule has 7 heteroatoms. The van der Waals surface area contributed by atoms with Crippen molar-refractivity contribution in [2.45, 2.75) is 30.7 Å². The second-order valence-corrected chi connectivity index (χ2v) is 8.01. The van der Waals surface area contributed by atoms with Gasteiger partial charge in [0.1, 0.15) is 5.82 Å². The SMILES string of the molecule is COCCN(C(C)C1CC1)S(=O)(=O)c1ccc(Br)c(F)c1. The number of nitrogens with zero attached hydrogens (tertiary/aromatic N) is 1. The fraction of sp³-hybridized carbons (Fsp3) is 0.571. The highest BCUT2D eigenvalue weighted by molar-refractivity contribution is 9.10. The van der Waals surface area contributed by atoms with Crippen LogP contribution in [0.15, 0.2) is 27.6 Å². The maximum atomic E-state index is 13.6. The van der Waals surface area contributed by atoms with E-state index in [1.807, 2.05) is 6.92 Å². The molecule has 0 aliphatic heterocycles. The first-order chi connectivity index (χ1) is 9.87. The van der Waals surface area contributed by atoms with Crippen molar-refractivity contribution >= 4 is 26.0 Å². The Kier molecular flexibility index (Phi) is 5.40. The zero-order valence-corrected chi connectivity index (χ0v) is 14.5. The van der Waals surface area contributed by atoms with Gasteiger partial charge in [-0.1, -0.05) is 0 Å². The first-order valence-electron chi connectivity index (χ1n) is 6.83. The Morgan fingerprint density at radius 1 is 1.48 bits per heavy atom. The van der Waals surface area contributed by atoms with Crippen LogP contribution in [0.3, 0.4) is 0 Å². The summed E-state index contributed by atoms with van der Waals surface area (Å²) in [7, 11) is -2.19. The van der Waals surface area contributed by atoms with Crippen LogP contribution in [0.1, 0.15) is 19.8 Å². The molecule has 0 spiro atoms. The number of ether oxygens (including phenoxy) is 1. The van der Waals surface area contributed by atoms with E-state index in [4.69, 9.17) is 4.74 Å². The van der Waals surface area contributed by atoms with Crippen LogP contribution in [0.2, 0.25) is 0 Å². The number of rotatable bonds is 7.